The second-order valence-corrected chi connectivity index (χ2v) is 6.26. The zero-order chi connectivity index (χ0) is 14.7. The van der Waals surface area contributed by atoms with E-state index in [0.717, 1.165) is 19.3 Å². The lowest BCUT2D eigenvalue weighted by molar-refractivity contribution is -0.384. The minimum Gasteiger partial charge on any atom is -0.376 e. The Morgan fingerprint density at radius 2 is 2.05 bits per heavy atom. The summed E-state index contributed by atoms with van der Waals surface area (Å²) < 4.78 is 13.8. The normalized spacial score (nSPS) is 23.1. The number of benzene rings is 1. The van der Waals surface area contributed by atoms with Gasteiger partial charge in [0.25, 0.3) is 5.69 Å². The zero-order valence-electron chi connectivity index (χ0n) is 11.4. The Bertz CT molecular complexity index is 510. The molecule has 1 saturated carbocycles. The summed E-state index contributed by atoms with van der Waals surface area (Å²) in [5.41, 5.74) is 0.184. The number of nitro benzene ring substituents is 1. The van der Waals surface area contributed by atoms with Crippen LogP contribution < -0.4 is 5.32 Å². The molecule has 0 heterocycles. The SMILES string of the molecule is CC1CCCCCC1Nc1cc(F)c(Br)cc1[N+](=O)[O-]. The van der Waals surface area contributed by atoms with Crippen LogP contribution in [0.4, 0.5) is 15.8 Å². The van der Waals surface area contributed by atoms with Crippen LogP contribution in [0.2, 0.25) is 0 Å². The van der Waals surface area contributed by atoms with Crippen molar-refractivity contribution in [2.75, 3.05) is 5.32 Å². The molecule has 110 valence electrons. The van der Waals surface area contributed by atoms with Gasteiger partial charge < -0.3 is 5.32 Å². The predicted molar refractivity (Wildman–Crippen MR) is 80.4 cm³/mol. The molecular formula is C14H18BrFN2O2. The van der Waals surface area contributed by atoms with Gasteiger partial charge in [0, 0.05) is 18.2 Å². The summed E-state index contributed by atoms with van der Waals surface area (Å²) in [6.07, 6.45) is 5.56. The number of hydrogen-bond acceptors (Lipinski definition) is 3. The first-order valence-electron chi connectivity index (χ1n) is 6.89. The molecular weight excluding hydrogens is 327 g/mol. The molecule has 2 atom stereocenters. The molecule has 0 amide bonds. The van der Waals surface area contributed by atoms with Crippen molar-refractivity contribution < 1.29 is 9.31 Å². The van der Waals surface area contributed by atoms with Crippen molar-refractivity contribution >= 4 is 27.3 Å². The highest BCUT2D eigenvalue weighted by molar-refractivity contribution is 9.10. The quantitative estimate of drug-likeness (QED) is 0.483. The van der Waals surface area contributed by atoms with Crippen LogP contribution in [0.5, 0.6) is 0 Å². The molecule has 1 aromatic rings. The van der Waals surface area contributed by atoms with E-state index in [0.29, 0.717) is 5.92 Å². The minimum absolute atomic E-state index is 0.0882. The molecule has 0 spiro atoms. The van der Waals surface area contributed by atoms with Gasteiger partial charge in [-0.05, 0) is 34.7 Å². The van der Waals surface area contributed by atoms with Crippen molar-refractivity contribution in [2.45, 2.75) is 45.1 Å². The molecule has 1 aromatic carbocycles. The van der Waals surface area contributed by atoms with Gasteiger partial charge in [0.15, 0.2) is 0 Å². The summed E-state index contributed by atoms with van der Waals surface area (Å²) in [5.74, 6) is -0.0526. The second-order valence-electron chi connectivity index (χ2n) is 5.41. The lowest BCUT2D eigenvalue weighted by Gasteiger charge is -2.24. The van der Waals surface area contributed by atoms with E-state index in [-0.39, 0.29) is 21.9 Å². The standard InChI is InChI=1S/C14H18BrFN2O2/c1-9-5-3-2-4-6-12(9)17-13-8-11(16)10(15)7-14(13)18(19)20/h7-9,12,17H,2-6H2,1H3. The summed E-state index contributed by atoms with van der Waals surface area (Å²) in [6, 6.07) is 2.59. The molecule has 1 fully saturated rings. The molecule has 0 aliphatic heterocycles. The van der Waals surface area contributed by atoms with Crippen LogP contribution in [0.3, 0.4) is 0 Å². The van der Waals surface area contributed by atoms with Crippen LogP contribution >= 0.6 is 15.9 Å². The van der Waals surface area contributed by atoms with E-state index < -0.39 is 10.7 Å². The van der Waals surface area contributed by atoms with Gasteiger partial charge in [0.2, 0.25) is 0 Å². The average molecular weight is 345 g/mol. The van der Waals surface area contributed by atoms with E-state index >= 15 is 0 Å². The maximum atomic E-state index is 13.6. The third-order valence-electron chi connectivity index (χ3n) is 3.94. The average Bonchev–Trinajstić information content (AvgIpc) is 2.59. The number of rotatable bonds is 3. The van der Waals surface area contributed by atoms with Gasteiger partial charge in [-0.15, -0.1) is 0 Å². The van der Waals surface area contributed by atoms with Crippen molar-refractivity contribution in [1.29, 1.82) is 0 Å². The minimum atomic E-state index is -0.487. The van der Waals surface area contributed by atoms with Crippen LogP contribution in [-0.4, -0.2) is 11.0 Å². The van der Waals surface area contributed by atoms with Crippen molar-refractivity contribution in [3.05, 3.63) is 32.5 Å². The van der Waals surface area contributed by atoms with Gasteiger partial charge in [-0.25, -0.2) is 4.39 Å². The van der Waals surface area contributed by atoms with Gasteiger partial charge in [-0.3, -0.25) is 10.1 Å². The van der Waals surface area contributed by atoms with E-state index in [1.165, 1.54) is 25.0 Å². The molecule has 1 aliphatic carbocycles. The smallest absolute Gasteiger partial charge is 0.293 e. The van der Waals surface area contributed by atoms with E-state index in [9.17, 15) is 14.5 Å². The van der Waals surface area contributed by atoms with Crippen LogP contribution in [0.15, 0.2) is 16.6 Å². The Morgan fingerprint density at radius 1 is 1.35 bits per heavy atom. The monoisotopic (exact) mass is 344 g/mol. The van der Waals surface area contributed by atoms with E-state index in [1.807, 2.05) is 0 Å². The van der Waals surface area contributed by atoms with E-state index in [2.05, 4.69) is 28.2 Å². The van der Waals surface area contributed by atoms with Crippen LogP contribution in [-0.2, 0) is 0 Å². The number of nitrogens with zero attached hydrogens (tertiary/aromatic N) is 1. The first-order valence-corrected chi connectivity index (χ1v) is 7.68. The molecule has 0 radical (unpaired) electrons. The Kier molecular flexibility index (Phi) is 4.96. The molecule has 2 rings (SSSR count). The second kappa shape index (κ2) is 6.52. The summed E-state index contributed by atoms with van der Waals surface area (Å²) >= 11 is 2.99. The predicted octanol–water partition coefficient (Wildman–Crippen LogP) is 4.88. The maximum Gasteiger partial charge on any atom is 0.293 e. The topological polar surface area (TPSA) is 55.2 Å². The molecule has 2 unspecified atom stereocenters. The van der Waals surface area contributed by atoms with E-state index in [1.54, 1.807) is 0 Å². The highest BCUT2D eigenvalue weighted by Gasteiger charge is 2.24. The molecule has 1 N–H and O–H groups in total. The molecule has 20 heavy (non-hydrogen) atoms. The first-order chi connectivity index (χ1) is 9.49. The van der Waals surface area contributed by atoms with Gasteiger partial charge in [0.1, 0.15) is 11.5 Å². The van der Waals surface area contributed by atoms with E-state index in [4.69, 9.17) is 0 Å². The summed E-state index contributed by atoms with van der Waals surface area (Å²) in [7, 11) is 0. The summed E-state index contributed by atoms with van der Waals surface area (Å²) in [6.45, 7) is 2.14. The molecule has 4 nitrogen and oxygen atoms in total. The molecule has 0 bridgehead atoms. The number of nitro groups is 1. The third-order valence-corrected chi connectivity index (χ3v) is 4.55. The molecule has 6 heteroatoms. The Labute approximate surface area is 126 Å². The fraction of sp³-hybridized carbons (Fsp3) is 0.571. The van der Waals surface area contributed by atoms with Crippen LogP contribution in [0.25, 0.3) is 0 Å². The Balaban J connectivity index is 2.27. The largest absolute Gasteiger partial charge is 0.376 e. The zero-order valence-corrected chi connectivity index (χ0v) is 13.0. The Hall–Kier alpha value is -1.17. The van der Waals surface area contributed by atoms with Crippen LogP contribution in [0, 0.1) is 21.8 Å². The van der Waals surface area contributed by atoms with Crippen molar-refractivity contribution in [3.8, 4) is 0 Å². The molecule has 1 aliphatic rings. The number of anilines is 1. The maximum absolute atomic E-state index is 13.6. The van der Waals surface area contributed by atoms with Gasteiger partial charge in [0.05, 0.1) is 9.40 Å². The number of halogens is 2. The lowest BCUT2D eigenvalue weighted by Crippen LogP contribution is -2.26. The van der Waals surface area contributed by atoms with Crippen molar-refractivity contribution in [2.24, 2.45) is 5.92 Å². The third kappa shape index (κ3) is 3.48. The molecule has 0 aromatic heterocycles. The summed E-state index contributed by atoms with van der Waals surface area (Å²) in [5, 5.41) is 14.3. The highest BCUT2D eigenvalue weighted by Crippen LogP contribution is 2.33. The molecule has 0 saturated heterocycles. The van der Waals surface area contributed by atoms with Gasteiger partial charge in [-0.1, -0.05) is 26.2 Å². The fourth-order valence-electron chi connectivity index (χ4n) is 2.71. The van der Waals surface area contributed by atoms with Gasteiger partial charge >= 0.3 is 0 Å². The highest BCUT2D eigenvalue weighted by atomic mass is 79.9. The first kappa shape index (κ1) is 15.2. The van der Waals surface area contributed by atoms with Gasteiger partial charge in [-0.2, -0.15) is 0 Å². The van der Waals surface area contributed by atoms with Crippen LogP contribution in [0.1, 0.15) is 39.0 Å². The Morgan fingerprint density at radius 3 is 2.75 bits per heavy atom. The number of hydrogen-bond donors (Lipinski definition) is 1. The lowest BCUT2D eigenvalue weighted by atomic mass is 9.96. The fourth-order valence-corrected chi connectivity index (χ4v) is 3.04. The number of nitrogens with one attached hydrogen (secondary N) is 1. The van der Waals surface area contributed by atoms with Crippen molar-refractivity contribution in [3.63, 3.8) is 0 Å². The van der Waals surface area contributed by atoms with Crippen molar-refractivity contribution in [1.82, 2.24) is 0 Å². The summed E-state index contributed by atoms with van der Waals surface area (Å²) in [4.78, 5) is 10.6.